The second-order valence-corrected chi connectivity index (χ2v) is 7.11. The Labute approximate surface area is 147 Å². The second-order valence-electron chi connectivity index (χ2n) is 7.11. The fourth-order valence-electron chi connectivity index (χ4n) is 2.93. The molecular weight excluding hydrogens is 316 g/mol. The lowest BCUT2D eigenvalue weighted by Crippen LogP contribution is -2.50. The van der Waals surface area contributed by atoms with Crippen molar-refractivity contribution in [3.63, 3.8) is 0 Å². The van der Waals surface area contributed by atoms with E-state index in [1.807, 2.05) is 39.0 Å². The summed E-state index contributed by atoms with van der Waals surface area (Å²) in [6, 6.07) is 11.7. The number of rotatable bonds is 1. The summed E-state index contributed by atoms with van der Waals surface area (Å²) < 4.78 is 5.44. The van der Waals surface area contributed by atoms with Gasteiger partial charge in [-0.15, -0.1) is 0 Å². The van der Waals surface area contributed by atoms with E-state index in [1.165, 1.54) is 0 Å². The number of ether oxygens (including phenoxy) is 1. The van der Waals surface area contributed by atoms with Gasteiger partial charge in [0.2, 0.25) is 0 Å². The van der Waals surface area contributed by atoms with Gasteiger partial charge in [-0.25, -0.2) is 9.78 Å². The fourth-order valence-corrected chi connectivity index (χ4v) is 2.93. The lowest BCUT2D eigenvalue weighted by atomic mass is 10.1. The van der Waals surface area contributed by atoms with Gasteiger partial charge in [0.25, 0.3) is 0 Å². The number of amides is 1. The van der Waals surface area contributed by atoms with Crippen LogP contribution in [0.5, 0.6) is 0 Å². The average molecular weight is 338 g/mol. The molecule has 1 aliphatic rings. The summed E-state index contributed by atoms with van der Waals surface area (Å²) in [6.45, 7) is 8.33. The largest absolute Gasteiger partial charge is 0.444 e. The van der Waals surface area contributed by atoms with Crippen molar-refractivity contribution in [3.8, 4) is 6.07 Å². The van der Waals surface area contributed by atoms with Crippen LogP contribution in [0.4, 0.5) is 10.5 Å². The summed E-state index contributed by atoms with van der Waals surface area (Å²) in [5.41, 5.74) is 1.83. The molecule has 6 nitrogen and oxygen atoms in total. The van der Waals surface area contributed by atoms with Gasteiger partial charge in [0.1, 0.15) is 17.4 Å². The number of nitriles is 1. The van der Waals surface area contributed by atoms with Gasteiger partial charge in [-0.3, -0.25) is 0 Å². The first-order chi connectivity index (χ1) is 11.9. The quantitative estimate of drug-likeness (QED) is 0.799. The van der Waals surface area contributed by atoms with Crippen LogP contribution in [-0.4, -0.2) is 47.8 Å². The third kappa shape index (κ3) is 3.82. The number of nitrogens with zero attached hydrogens (tertiary/aromatic N) is 4. The molecule has 0 saturated carbocycles. The lowest BCUT2D eigenvalue weighted by Gasteiger charge is -2.37. The van der Waals surface area contributed by atoms with E-state index in [9.17, 15) is 4.79 Å². The van der Waals surface area contributed by atoms with Gasteiger partial charge in [0.05, 0.1) is 5.52 Å². The third-order valence-electron chi connectivity index (χ3n) is 4.10. The molecule has 130 valence electrons. The maximum Gasteiger partial charge on any atom is 0.410 e. The van der Waals surface area contributed by atoms with E-state index in [1.54, 1.807) is 11.0 Å². The van der Waals surface area contributed by atoms with Crippen molar-refractivity contribution in [1.29, 1.82) is 5.26 Å². The number of aromatic nitrogens is 1. The van der Waals surface area contributed by atoms with Crippen molar-refractivity contribution < 1.29 is 9.53 Å². The van der Waals surface area contributed by atoms with Crippen LogP contribution in [0.25, 0.3) is 10.9 Å². The van der Waals surface area contributed by atoms with Gasteiger partial charge in [0, 0.05) is 37.3 Å². The van der Waals surface area contributed by atoms with Crippen LogP contribution < -0.4 is 4.90 Å². The van der Waals surface area contributed by atoms with E-state index in [0.29, 0.717) is 18.8 Å². The van der Waals surface area contributed by atoms with Crippen molar-refractivity contribution in [1.82, 2.24) is 9.88 Å². The number of hydrogen-bond donors (Lipinski definition) is 0. The second kappa shape index (κ2) is 6.60. The molecule has 0 radical (unpaired) electrons. The Morgan fingerprint density at radius 2 is 1.88 bits per heavy atom. The topological polar surface area (TPSA) is 69.5 Å². The van der Waals surface area contributed by atoms with E-state index in [2.05, 4.69) is 22.0 Å². The molecule has 0 aliphatic carbocycles. The number of benzene rings is 1. The third-order valence-corrected chi connectivity index (χ3v) is 4.10. The van der Waals surface area contributed by atoms with Crippen molar-refractivity contribution in [3.05, 3.63) is 36.0 Å². The summed E-state index contributed by atoms with van der Waals surface area (Å²) in [5.74, 6) is 0. The minimum atomic E-state index is -0.478. The van der Waals surface area contributed by atoms with Crippen LogP contribution >= 0.6 is 0 Å². The van der Waals surface area contributed by atoms with Gasteiger partial charge in [-0.1, -0.05) is 6.07 Å². The van der Waals surface area contributed by atoms with Crippen molar-refractivity contribution >= 4 is 22.7 Å². The summed E-state index contributed by atoms with van der Waals surface area (Å²) >= 11 is 0. The van der Waals surface area contributed by atoms with Gasteiger partial charge >= 0.3 is 6.09 Å². The van der Waals surface area contributed by atoms with Crippen molar-refractivity contribution in [2.45, 2.75) is 26.4 Å². The molecular formula is C19H22N4O2. The Morgan fingerprint density at radius 3 is 2.52 bits per heavy atom. The standard InChI is InChI=1S/C19H22N4O2/c1-19(2,3)25-18(24)23-11-9-22(10-12-23)17-6-4-5-16-15(17)8-7-14(13-20)21-16/h4-8H,9-12H2,1-3H3. The molecule has 1 fully saturated rings. The Hall–Kier alpha value is -2.81. The Kier molecular flexibility index (Phi) is 4.49. The Morgan fingerprint density at radius 1 is 1.16 bits per heavy atom. The van der Waals surface area contributed by atoms with Gasteiger partial charge < -0.3 is 14.5 Å². The highest BCUT2D eigenvalue weighted by Gasteiger charge is 2.26. The molecule has 25 heavy (non-hydrogen) atoms. The SMILES string of the molecule is CC(C)(C)OC(=O)N1CCN(c2cccc3nc(C#N)ccc23)CC1. The number of carbonyl (C=O) groups is 1. The van der Waals surface area contributed by atoms with Crippen LogP contribution in [0.1, 0.15) is 26.5 Å². The molecule has 0 N–H and O–H groups in total. The van der Waals surface area contributed by atoms with Crippen LogP contribution in [0.3, 0.4) is 0 Å². The lowest BCUT2D eigenvalue weighted by molar-refractivity contribution is 0.0240. The highest BCUT2D eigenvalue weighted by Crippen LogP contribution is 2.27. The number of carbonyl (C=O) groups excluding carboxylic acids is 1. The monoisotopic (exact) mass is 338 g/mol. The average Bonchev–Trinajstić information content (AvgIpc) is 2.59. The molecule has 0 spiro atoms. The van der Waals surface area contributed by atoms with E-state index in [4.69, 9.17) is 10.00 Å². The molecule has 1 aliphatic heterocycles. The first-order valence-electron chi connectivity index (χ1n) is 8.40. The van der Waals surface area contributed by atoms with Crippen LogP contribution in [0, 0.1) is 11.3 Å². The number of piperazine rings is 1. The maximum atomic E-state index is 12.2. The minimum absolute atomic E-state index is 0.259. The van der Waals surface area contributed by atoms with Crippen LogP contribution in [-0.2, 0) is 4.74 Å². The molecule has 0 unspecified atom stereocenters. The number of fused-ring (bicyclic) bond motifs is 1. The molecule has 3 rings (SSSR count). The molecule has 1 amide bonds. The fraction of sp³-hybridized carbons (Fsp3) is 0.421. The molecule has 2 heterocycles. The number of pyridine rings is 1. The summed E-state index contributed by atoms with van der Waals surface area (Å²) in [4.78, 5) is 20.5. The van der Waals surface area contributed by atoms with E-state index in [-0.39, 0.29) is 6.09 Å². The molecule has 0 atom stereocenters. The van der Waals surface area contributed by atoms with E-state index in [0.717, 1.165) is 29.7 Å². The summed E-state index contributed by atoms with van der Waals surface area (Å²) in [7, 11) is 0. The highest BCUT2D eigenvalue weighted by molar-refractivity contribution is 5.92. The van der Waals surface area contributed by atoms with Crippen molar-refractivity contribution in [2.24, 2.45) is 0 Å². The van der Waals surface area contributed by atoms with E-state index >= 15 is 0 Å². The molecule has 1 aromatic heterocycles. The molecule has 0 bridgehead atoms. The van der Waals surface area contributed by atoms with Crippen LogP contribution in [0.2, 0.25) is 0 Å². The number of anilines is 1. The van der Waals surface area contributed by atoms with Crippen LogP contribution in [0.15, 0.2) is 30.3 Å². The predicted octanol–water partition coefficient (Wildman–Crippen LogP) is 3.16. The minimum Gasteiger partial charge on any atom is -0.444 e. The first-order valence-corrected chi connectivity index (χ1v) is 8.40. The number of hydrogen-bond acceptors (Lipinski definition) is 5. The highest BCUT2D eigenvalue weighted by atomic mass is 16.6. The zero-order chi connectivity index (χ0) is 18.0. The van der Waals surface area contributed by atoms with Gasteiger partial charge in [-0.05, 0) is 45.0 Å². The first kappa shape index (κ1) is 17.0. The molecule has 1 aromatic carbocycles. The molecule has 1 saturated heterocycles. The van der Waals surface area contributed by atoms with Crippen molar-refractivity contribution in [2.75, 3.05) is 31.1 Å². The maximum absolute atomic E-state index is 12.2. The smallest absolute Gasteiger partial charge is 0.410 e. The van der Waals surface area contributed by atoms with Gasteiger partial charge in [0.15, 0.2) is 0 Å². The Balaban J connectivity index is 1.74. The van der Waals surface area contributed by atoms with Gasteiger partial charge in [-0.2, -0.15) is 5.26 Å². The normalized spacial score (nSPS) is 15.1. The van der Waals surface area contributed by atoms with E-state index < -0.39 is 5.60 Å². The molecule has 6 heteroatoms. The predicted molar refractivity (Wildman–Crippen MR) is 96.5 cm³/mol. The zero-order valence-corrected chi connectivity index (χ0v) is 14.8. The molecule has 2 aromatic rings. The zero-order valence-electron chi connectivity index (χ0n) is 14.8. The summed E-state index contributed by atoms with van der Waals surface area (Å²) in [5, 5.41) is 10.0. The Bertz CT molecular complexity index is 827. The summed E-state index contributed by atoms with van der Waals surface area (Å²) in [6.07, 6.45) is -0.259.